The van der Waals surface area contributed by atoms with Crippen LogP contribution in [-0.4, -0.2) is 10.1 Å². The Morgan fingerprint density at radius 3 is 2.61 bits per heavy atom. The zero-order valence-corrected chi connectivity index (χ0v) is 10.6. The van der Waals surface area contributed by atoms with Gasteiger partial charge in [0.2, 0.25) is 11.7 Å². The summed E-state index contributed by atoms with van der Waals surface area (Å²) in [6, 6.07) is 7.71. The van der Waals surface area contributed by atoms with E-state index in [0.717, 1.165) is 17.7 Å². The first-order valence-electron chi connectivity index (χ1n) is 5.99. The maximum atomic E-state index is 5.77. The SMILES string of the molecule is CCc1nc(COc2ccc(C(C)N)cc2)no1. The van der Waals surface area contributed by atoms with E-state index in [4.69, 9.17) is 15.0 Å². The summed E-state index contributed by atoms with van der Waals surface area (Å²) in [6.07, 6.45) is 0.732. The molecule has 0 spiro atoms. The van der Waals surface area contributed by atoms with Crippen molar-refractivity contribution in [2.24, 2.45) is 5.73 Å². The molecular weight excluding hydrogens is 230 g/mol. The van der Waals surface area contributed by atoms with Crippen LogP contribution < -0.4 is 10.5 Å². The number of aryl methyl sites for hydroxylation is 1. The van der Waals surface area contributed by atoms with Crippen LogP contribution in [0.1, 0.15) is 37.2 Å². The van der Waals surface area contributed by atoms with Gasteiger partial charge in [-0.3, -0.25) is 0 Å². The molecule has 0 aliphatic rings. The molecule has 0 amide bonds. The summed E-state index contributed by atoms with van der Waals surface area (Å²) in [5.41, 5.74) is 6.85. The molecule has 2 aromatic rings. The Hall–Kier alpha value is -1.88. The zero-order chi connectivity index (χ0) is 13.0. The Morgan fingerprint density at radius 2 is 2.06 bits per heavy atom. The number of hydrogen-bond donors (Lipinski definition) is 1. The van der Waals surface area contributed by atoms with E-state index in [1.807, 2.05) is 38.1 Å². The van der Waals surface area contributed by atoms with Crippen molar-refractivity contribution in [2.75, 3.05) is 0 Å². The molecule has 1 heterocycles. The summed E-state index contributed by atoms with van der Waals surface area (Å²) in [7, 11) is 0. The third-order valence-electron chi connectivity index (χ3n) is 2.59. The first-order chi connectivity index (χ1) is 8.69. The summed E-state index contributed by atoms with van der Waals surface area (Å²) < 4.78 is 10.6. The van der Waals surface area contributed by atoms with Crippen molar-refractivity contribution in [3.8, 4) is 5.75 Å². The van der Waals surface area contributed by atoms with Crippen molar-refractivity contribution in [2.45, 2.75) is 32.9 Å². The van der Waals surface area contributed by atoms with E-state index in [9.17, 15) is 0 Å². The zero-order valence-electron chi connectivity index (χ0n) is 10.6. The molecule has 2 N–H and O–H groups in total. The van der Waals surface area contributed by atoms with Gasteiger partial charge in [-0.15, -0.1) is 0 Å². The molecule has 0 radical (unpaired) electrons. The number of aromatic nitrogens is 2. The highest BCUT2D eigenvalue weighted by Crippen LogP contribution is 2.16. The normalized spacial score (nSPS) is 12.4. The van der Waals surface area contributed by atoms with E-state index in [1.54, 1.807) is 0 Å². The van der Waals surface area contributed by atoms with Crippen LogP contribution in [0.5, 0.6) is 5.75 Å². The Labute approximate surface area is 106 Å². The molecule has 1 unspecified atom stereocenters. The van der Waals surface area contributed by atoms with Gasteiger partial charge in [0, 0.05) is 12.5 Å². The smallest absolute Gasteiger partial charge is 0.226 e. The largest absolute Gasteiger partial charge is 0.485 e. The fourth-order valence-corrected chi connectivity index (χ4v) is 1.51. The van der Waals surface area contributed by atoms with Crippen LogP contribution in [-0.2, 0) is 13.0 Å². The second-order valence-corrected chi connectivity index (χ2v) is 4.10. The van der Waals surface area contributed by atoms with E-state index in [0.29, 0.717) is 18.3 Å². The first kappa shape index (κ1) is 12.6. The molecule has 5 nitrogen and oxygen atoms in total. The number of benzene rings is 1. The molecule has 0 aliphatic heterocycles. The van der Waals surface area contributed by atoms with Crippen molar-refractivity contribution < 1.29 is 9.26 Å². The van der Waals surface area contributed by atoms with E-state index in [-0.39, 0.29) is 6.04 Å². The van der Waals surface area contributed by atoms with Crippen LogP contribution in [0.4, 0.5) is 0 Å². The van der Waals surface area contributed by atoms with Crippen molar-refractivity contribution in [1.82, 2.24) is 10.1 Å². The summed E-state index contributed by atoms with van der Waals surface area (Å²) in [5, 5.41) is 3.82. The van der Waals surface area contributed by atoms with Gasteiger partial charge in [-0.05, 0) is 24.6 Å². The van der Waals surface area contributed by atoms with Gasteiger partial charge < -0.3 is 15.0 Å². The third kappa shape index (κ3) is 3.07. The highest BCUT2D eigenvalue weighted by Gasteiger charge is 2.05. The van der Waals surface area contributed by atoms with Crippen molar-refractivity contribution in [3.05, 3.63) is 41.5 Å². The van der Waals surface area contributed by atoms with Crippen molar-refractivity contribution in [3.63, 3.8) is 0 Å². The minimum atomic E-state index is 0.0309. The molecular formula is C13H17N3O2. The van der Waals surface area contributed by atoms with Crippen LogP contribution in [0.2, 0.25) is 0 Å². The first-order valence-corrected chi connectivity index (χ1v) is 5.99. The van der Waals surface area contributed by atoms with E-state index in [2.05, 4.69) is 10.1 Å². The molecule has 1 aromatic carbocycles. The molecule has 1 aromatic heterocycles. The fraction of sp³-hybridized carbons (Fsp3) is 0.385. The molecule has 0 saturated carbocycles. The lowest BCUT2D eigenvalue weighted by Crippen LogP contribution is -2.04. The minimum absolute atomic E-state index is 0.0309. The molecule has 18 heavy (non-hydrogen) atoms. The van der Waals surface area contributed by atoms with Crippen molar-refractivity contribution in [1.29, 1.82) is 0 Å². The highest BCUT2D eigenvalue weighted by atomic mass is 16.5. The van der Waals surface area contributed by atoms with Gasteiger partial charge in [0.1, 0.15) is 5.75 Å². The van der Waals surface area contributed by atoms with Crippen molar-refractivity contribution >= 4 is 0 Å². The topological polar surface area (TPSA) is 74.2 Å². The Bertz CT molecular complexity index is 491. The second-order valence-electron chi connectivity index (χ2n) is 4.10. The van der Waals surface area contributed by atoms with Gasteiger partial charge in [-0.1, -0.05) is 24.2 Å². The standard InChI is InChI=1S/C13H17N3O2/c1-3-13-15-12(16-18-13)8-17-11-6-4-10(5-7-11)9(2)14/h4-7,9H,3,8,14H2,1-2H3. The molecule has 0 saturated heterocycles. The van der Waals surface area contributed by atoms with Crippen LogP contribution in [0, 0.1) is 0 Å². The maximum Gasteiger partial charge on any atom is 0.226 e. The van der Waals surface area contributed by atoms with Gasteiger partial charge in [0.25, 0.3) is 0 Å². The van der Waals surface area contributed by atoms with Gasteiger partial charge in [0.05, 0.1) is 0 Å². The fourth-order valence-electron chi connectivity index (χ4n) is 1.51. The summed E-state index contributed by atoms with van der Waals surface area (Å²) in [6.45, 7) is 4.22. The average Bonchev–Trinajstić information content (AvgIpc) is 2.85. The van der Waals surface area contributed by atoms with Crippen LogP contribution in [0.3, 0.4) is 0 Å². The lowest BCUT2D eigenvalue weighted by atomic mass is 10.1. The van der Waals surface area contributed by atoms with Gasteiger partial charge in [-0.2, -0.15) is 4.98 Å². The van der Waals surface area contributed by atoms with Gasteiger partial charge >= 0.3 is 0 Å². The summed E-state index contributed by atoms with van der Waals surface area (Å²) in [4.78, 5) is 4.17. The Kier molecular flexibility index (Phi) is 3.94. The molecule has 0 aliphatic carbocycles. The van der Waals surface area contributed by atoms with Crippen LogP contribution >= 0.6 is 0 Å². The third-order valence-corrected chi connectivity index (χ3v) is 2.59. The lowest BCUT2D eigenvalue weighted by Gasteiger charge is -2.07. The number of rotatable bonds is 5. The number of hydrogen-bond acceptors (Lipinski definition) is 5. The average molecular weight is 247 g/mol. The molecule has 0 bridgehead atoms. The molecule has 96 valence electrons. The van der Waals surface area contributed by atoms with Gasteiger partial charge in [0.15, 0.2) is 6.61 Å². The quantitative estimate of drug-likeness (QED) is 0.877. The number of nitrogens with zero attached hydrogens (tertiary/aromatic N) is 2. The predicted molar refractivity (Wildman–Crippen MR) is 67.1 cm³/mol. The van der Waals surface area contributed by atoms with Gasteiger partial charge in [-0.25, -0.2) is 0 Å². The predicted octanol–water partition coefficient (Wildman–Crippen LogP) is 2.23. The molecule has 0 fully saturated rings. The maximum absolute atomic E-state index is 5.77. The lowest BCUT2D eigenvalue weighted by molar-refractivity contribution is 0.285. The number of ether oxygens (including phenoxy) is 1. The monoisotopic (exact) mass is 247 g/mol. The second kappa shape index (κ2) is 5.64. The summed E-state index contributed by atoms with van der Waals surface area (Å²) >= 11 is 0. The molecule has 2 rings (SSSR count). The van der Waals surface area contributed by atoms with E-state index < -0.39 is 0 Å². The molecule has 5 heteroatoms. The van der Waals surface area contributed by atoms with Crippen LogP contribution in [0.25, 0.3) is 0 Å². The van der Waals surface area contributed by atoms with Crippen LogP contribution in [0.15, 0.2) is 28.8 Å². The molecule has 1 atom stereocenters. The Balaban J connectivity index is 1.93. The summed E-state index contributed by atoms with van der Waals surface area (Å²) in [5.74, 6) is 1.95. The van der Waals surface area contributed by atoms with E-state index in [1.165, 1.54) is 0 Å². The Morgan fingerprint density at radius 1 is 1.33 bits per heavy atom. The van der Waals surface area contributed by atoms with E-state index >= 15 is 0 Å². The minimum Gasteiger partial charge on any atom is -0.485 e. The highest BCUT2D eigenvalue weighted by molar-refractivity contribution is 5.28. The number of nitrogens with two attached hydrogens (primary N) is 1.